The molecule has 19 heavy (non-hydrogen) atoms. The van der Waals surface area contributed by atoms with E-state index in [-0.39, 0.29) is 18.6 Å². The van der Waals surface area contributed by atoms with Crippen molar-refractivity contribution < 1.29 is 14.3 Å². The van der Waals surface area contributed by atoms with Gasteiger partial charge in [0.1, 0.15) is 0 Å². The van der Waals surface area contributed by atoms with E-state index in [1.165, 1.54) is 0 Å². The minimum Gasteiger partial charge on any atom is -0.481 e. The summed E-state index contributed by atoms with van der Waals surface area (Å²) in [6, 6.07) is 5.04. The Kier molecular flexibility index (Phi) is 5.31. The lowest BCUT2D eigenvalue weighted by molar-refractivity contribution is -0.123. The van der Waals surface area contributed by atoms with E-state index >= 15 is 0 Å². The minimum absolute atomic E-state index is 0.115. The molecular formula is C13H15Cl2NO3. The molecule has 1 saturated heterocycles. The number of carbonyl (C=O) groups excluding carboxylic acids is 1. The van der Waals surface area contributed by atoms with Gasteiger partial charge in [-0.2, -0.15) is 0 Å². The molecule has 4 nitrogen and oxygen atoms in total. The van der Waals surface area contributed by atoms with Crippen LogP contribution in [0.4, 0.5) is 0 Å². The third-order valence-corrected chi connectivity index (χ3v) is 3.41. The SMILES string of the molecule is O=C(COc1c(Cl)cccc1Cl)NCC1CCCO1. The van der Waals surface area contributed by atoms with Gasteiger partial charge in [0, 0.05) is 13.2 Å². The van der Waals surface area contributed by atoms with Crippen molar-refractivity contribution in [2.75, 3.05) is 19.8 Å². The van der Waals surface area contributed by atoms with Gasteiger partial charge >= 0.3 is 0 Å². The molecule has 1 unspecified atom stereocenters. The average Bonchev–Trinajstić information content (AvgIpc) is 2.89. The van der Waals surface area contributed by atoms with Gasteiger partial charge in [0.25, 0.3) is 5.91 Å². The predicted molar refractivity (Wildman–Crippen MR) is 73.9 cm³/mol. The highest BCUT2D eigenvalue weighted by atomic mass is 35.5. The number of halogens is 2. The summed E-state index contributed by atoms with van der Waals surface area (Å²) < 4.78 is 10.7. The molecule has 1 N–H and O–H groups in total. The molecule has 0 radical (unpaired) electrons. The Labute approximate surface area is 122 Å². The highest BCUT2D eigenvalue weighted by Gasteiger charge is 2.16. The van der Waals surface area contributed by atoms with Crippen LogP contribution in [0.25, 0.3) is 0 Å². The van der Waals surface area contributed by atoms with E-state index in [1.54, 1.807) is 18.2 Å². The highest BCUT2D eigenvalue weighted by Crippen LogP contribution is 2.32. The maximum Gasteiger partial charge on any atom is 0.258 e. The minimum atomic E-state index is -0.216. The number of hydrogen-bond acceptors (Lipinski definition) is 3. The van der Waals surface area contributed by atoms with E-state index in [9.17, 15) is 4.79 Å². The summed E-state index contributed by atoms with van der Waals surface area (Å²) in [6.07, 6.45) is 2.15. The number of nitrogens with one attached hydrogen (secondary N) is 1. The second kappa shape index (κ2) is 6.98. The summed E-state index contributed by atoms with van der Waals surface area (Å²) in [5.74, 6) is 0.115. The van der Waals surface area contributed by atoms with Crippen LogP contribution in [0, 0.1) is 0 Å². The second-order valence-electron chi connectivity index (χ2n) is 4.28. The van der Waals surface area contributed by atoms with Gasteiger partial charge in [-0.3, -0.25) is 4.79 Å². The van der Waals surface area contributed by atoms with Gasteiger partial charge in [0.05, 0.1) is 16.1 Å². The smallest absolute Gasteiger partial charge is 0.258 e. The maximum absolute atomic E-state index is 11.6. The zero-order valence-electron chi connectivity index (χ0n) is 10.3. The lowest BCUT2D eigenvalue weighted by atomic mass is 10.2. The molecule has 0 bridgehead atoms. The fraction of sp³-hybridized carbons (Fsp3) is 0.462. The molecule has 0 saturated carbocycles. The Hall–Kier alpha value is -0.970. The summed E-state index contributed by atoms with van der Waals surface area (Å²) in [5.41, 5.74) is 0. The molecule has 1 aromatic rings. The summed E-state index contributed by atoms with van der Waals surface area (Å²) in [5, 5.41) is 3.54. The van der Waals surface area contributed by atoms with Crippen LogP contribution in [0.1, 0.15) is 12.8 Å². The van der Waals surface area contributed by atoms with Crippen molar-refractivity contribution in [1.29, 1.82) is 0 Å². The second-order valence-corrected chi connectivity index (χ2v) is 5.09. The molecule has 0 spiro atoms. The summed E-state index contributed by atoms with van der Waals surface area (Å²) in [7, 11) is 0. The summed E-state index contributed by atoms with van der Waals surface area (Å²) >= 11 is 11.9. The highest BCUT2D eigenvalue weighted by molar-refractivity contribution is 6.37. The molecule has 0 aromatic heterocycles. The van der Waals surface area contributed by atoms with Gasteiger partial charge in [0.15, 0.2) is 12.4 Å². The number of rotatable bonds is 5. The first-order chi connectivity index (χ1) is 9.16. The Morgan fingerprint density at radius 3 is 2.79 bits per heavy atom. The summed E-state index contributed by atoms with van der Waals surface area (Å²) in [4.78, 5) is 11.6. The molecular weight excluding hydrogens is 289 g/mol. The van der Waals surface area contributed by atoms with Gasteiger partial charge in [-0.05, 0) is 25.0 Å². The number of ether oxygens (including phenoxy) is 2. The van der Waals surface area contributed by atoms with Gasteiger partial charge in [0.2, 0.25) is 0 Å². The van der Waals surface area contributed by atoms with Crippen LogP contribution in [0.5, 0.6) is 5.75 Å². The van der Waals surface area contributed by atoms with Crippen LogP contribution >= 0.6 is 23.2 Å². The average molecular weight is 304 g/mol. The van der Waals surface area contributed by atoms with Gasteiger partial charge in [-0.15, -0.1) is 0 Å². The molecule has 0 aliphatic carbocycles. The van der Waals surface area contributed by atoms with Crippen LogP contribution in [0.3, 0.4) is 0 Å². The normalized spacial score (nSPS) is 18.3. The summed E-state index contributed by atoms with van der Waals surface area (Å²) in [6.45, 7) is 1.17. The first-order valence-corrected chi connectivity index (χ1v) is 6.87. The van der Waals surface area contributed by atoms with Crippen LogP contribution in [-0.4, -0.2) is 31.8 Å². The fourth-order valence-electron chi connectivity index (χ4n) is 1.84. The van der Waals surface area contributed by atoms with E-state index < -0.39 is 0 Å². The van der Waals surface area contributed by atoms with Crippen molar-refractivity contribution in [3.63, 3.8) is 0 Å². The third-order valence-electron chi connectivity index (χ3n) is 2.82. The lowest BCUT2D eigenvalue weighted by Crippen LogP contribution is -2.35. The number of benzene rings is 1. The largest absolute Gasteiger partial charge is 0.481 e. The van der Waals surface area contributed by atoms with Crippen LogP contribution in [-0.2, 0) is 9.53 Å². The van der Waals surface area contributed by atoms with Crippen molar-refractivity contribution >= 4 is 29.1 Å². The van der Waals surface area contributed by atoms with E-state index in [0.717, 1.165) is 19.4 Å². The fourth-order valence-corrected chi connectivity index (χ4v) is 2.35. The van der Waals surface area contributed by atoms with E-state index in [0.29, 0.717) is 22.3 Å². The lowest BCUT2D eigenvalue weighted by Gasteiger charge is -2.12. The molecule has 1 aromatic carbocycles. The molecule has 104 valence electrons. The number of amides is 1. The first kappa shape index (κ1) is 14.4. The Balaban J connectivity index is 1.76. The molecule has 6 heteroatoms. The van der Waals surface area contributed by atoms with Crippen molar-refractivity contribution in [2.45, 2.75) is 18.9 Å². The standard InChI is InChI=1S/C13H15Cl2NO3/c14-10-4-1-5-11(15)13(10)19-8-12(17)16-7-9-3-2-6-18-9/h1,4-5,9H,2-3,6-8H2,(H,16,17). The van der Waals surface area contributed by atoms with Crippen LogP contribution < -0.4 is 10.1 Å². The monoisotopic (exact) mass is 303 g/mol. The molecule has 1 aliphatic heterocycles. The van der Waals surface area contributed by atoms with Crippen molar-refractivity contribution in [2.24, 2.45) is 0 Å². The van der Waals surface area contributed by atoms with Crippen molar-refractivity contribution in [3.8, 4) is 5.75 Å². The van der Waals surface area contributed by atoms with Crippen LogP contribution in [0.2, 0.25) is 10.0 Å². The molecule has 1 atom stereocenters. The van der Waals surface area contributed by atoms with Gasteiger partial charge in [-0.1, -0.05) is 29.3 Å². The third kappa shape index (κ3) is 4.27. The number of hydrogen-bond donors (Lipinski definition) is 1. The molecule has 1 fully saturated rings. The topological polar surface area (TPSA) is 47.6 Å². The zero-order chi connectivity index (χ0) is 13.7. The van der Waals surface area contributed by atoms with Gasteiger partial charge in [-0.25, -0.2) is 0 Å². The first-order valence-electron chi connectivity index (χ1n) is 6.12. The van der Waals surface area contributed by atoms with Gasteiger partial charge < -0.3 is 14.8 Å². The van der Waals surface area contributed by atoms with E-state index in [1.807, 2.05) is 0 Å². The molecule has 1 amide bonds. The maximum atomic E-state index is 11.6. The van der Waals surface area contributed by atoms with E-state index in [2.05, 4.69) is 5.32 Å². The Bertz CT molecular complexity index is 427. The Morgan fingerprint density at radius 2 is 2.16 bits per heavy atom. The van der Waals surface area contributed by atoms with Crippen molar-refractivity contribution in [3.05, 3.63) is 28.2 Å². The van der Waals surface area contributed by atoms with Crippen molar-refractivity contribution in [1.82, 2.24) is 5.32 Å². The molecule has 1 aliphatic rings. The van der Waals surface area contributed by atoms with Crippen LogP contribution in [0.15, 0.2) is 18.2 Å². The quantitative estimate of drug-likeness (QED) is 0.910. The molecule has 1 heterocycles. The zero-order valence-corrected chi connectivity index (χ0v) is 11.8. The number of carbonyl (C=O) groups is 1. The number of para-hydroxylation sites is 1. The predicted octanol–water partition coefficient (Wildman–Crippen LogP) is 2.67. The van der Waals surface area contributed by atoms with E-state index in [4.69, 9.17) is 32.7 Å². The Morgan fingerprint density at radius 1 is 1.42 bits per heavy atom. The molecule has 2 rings (SSSR count).